The van der Waals surface area contributed by atoms with Crippen LogP contribution in [0.4, 0.5) is 0 Å². The van der Waals surface area contributed by atoms with E-state index in [2.05, 4.69) is 44.2 Å². The molecular weight excluding hydrogens is 487 g/mol. The van der Waals surface area contributed by atoms with Crippen molar-refractivity contribution < 1.29 is 4.74 Å². The van der Waals surface area contributed by atoms with Gasteiger partial charge in [0.2, 0.25) is 5.88 Å². The van der Waals surface area contributed by atoms with Crippen molar-refractivity contribution in [2.75, 3.05) is 6.61 Å². The molecule has 0 bridgehead atoms. The van der Waals surface area contributed by atoms with E-state index in [1.165, 1.54) is 5.56 Å². The largest absolute Gasteiger partial charge is 0.477 e. The van der Waals surface area contributed by atoms with Gasteiger partial charge in [-0.2, -0.15) is 0 Å². The lowest BCUT2D eigenvalue weighted by Gasteiger charge is -2.15. The predicted octanol–water partition coefficient (Wildman–Crippen LogP) is 9.42. The highest BCUT2D eigenvalue weighted by molar-refractivity contribution is 6.30. The number of rotatable bonds is 7. The van der Waals surface area contributed by atoms with Crippen molar-refractivity contribution in [3.63, 3.8) is 0 Å². The Kier molecular flexibility index (Phi) is 7.22. The van der Waals surface area contributed by atoms with Crippen LogP contribution >= 0.6 is 23.2 Å². The summed E-state index contributed by atoms with van der Waals surface area (Å²) in [5.74, 6) is 0.634. The molecule has 0 aliphatic carbocycles. The van der Waals surface area contributed by atoms with Gasteiger partial charge in [0.1, 0.15) is 0 Å². The Bertz CT molecular complexity index is 1450. The van der Waals surface area contributed by atoms with Crippen LogP contribution in [0.25, 0.3) is 44.5 Å². The maximum absolute atomic E-state index is 6.23. The predicted molar refractivity (Wildman–Crippen MR) is 151 cm³/mol. The number of halogens is 2. The third kappa shape index (κ3) is 5.38. The van der Waals surface area contributed by atoms with Crippen LogP contribution in [0.15, 0.2) is 84.9 Å². The van der Waals surface area contributed by atoms with Gasteiger partial charge in [0.05, 0.1) is 23.5 Å². The van der Waals surface area contributed by atoms with Gasteiger partial charge in [-0.25, -0.2) is 9.97 Å². The van der Waals surface area contributed by atoms with Crippen molar-refractivity contribution in [2.24, 2.45) is 0 Å². The summed E-state index contributed by atoms with van der Waals surface area (Å²) in [4.78, 5) is 9.91. The number of pyridine rings is 2. The Morgan fingerprint density at radius 2 is 1.31 bits per heavy atom. The minimum Gasteiger partial charge on any atom is -0.477 e. The van der Waals surface area contributed by atoms with Crippen LogP contribution in [0.5, 0.6) is 5.88 Å². The van der Waals surface area contributed by atoms with Crippen molar-refractivity contribution in [1.82, 2.24) is 9.97 Å². The molecule has 0 aliphatic heterocycles. The number of unbranched alkanes of at least 4 members (excludes halogenated alkanes) is 1. The highest BCUT2D eigenvalue weighted by Crippen LogP contribution is 2.36. The van der Waals surface area contributed by atoms with E-state index in [4.69, 9.17) is 37.9 Å². The average Bonchev–Trinajstić information content (AvgIpc) is 2.89. The topological polar surface area (TPSA) is 35.0 Å². The van der Waals surface area contributed by atoms with Gasteiger partial charge in [-0.05, 0) is 73.5 Å². The second-order valence-corrected chi connectivity index (χ2v) is 9.75. The summed E-state index contributed by atoms with van der Waals surface area (Å²) >= 11 is 12.3. The molecule has 0 unspecified atom stereocenters. The van der Waals surface area contributed by atoms with E-state index in [9.17, 15) is 0 Å². The molecule has 2 aromatic heterocycles. The van der Waals surface area contributed by atoms with Crippen LogP contribution in [0.3, 0.4) is 0 Å². The van der Waals surface area contributed by atoms with Gasteiger partial charge in [0.15, 0.2) is 0 Å². The summed E-state index contributed by atoms with van der Waals surface area (Å²) in [6, 6.07) is 28.1. The molecule has 0 radical (unpaired) electrons. The van der Waals surface area contributed by atoms with E-state index in [0.29, 0.717) is 22.5 Å². The van der Waals surface area contributed by atoms with Gasteiger partial charge >= 0.3 is 0 Å². The van der Waals surface area contributed by atoms with Gasteiger partial charge in [0.25, 0.3) is 0 Å². The number of ether oxygens (including phenoxy) is 1. The zero-order valence-corrected chi connectivity index (χ0v) is 21.8. The number of hydrogen-bond acceptors (Lipinski definition) is 3. The molecule has 0 N–H and O–H groups in total. The number of benzene rings is 3. The van der Waals surface area contributed by atoms with E-state index >= 15 is 0 Å². The molecule has 0 atom stereocenters. The molecule has 3 aromatic carbocycles. The van der Waals surface area contributed by atoms with Crippen molar-refractivity contribution in [3.8, 4) is 39.5 Å². The zero-order valence-electron chi connectivity index (χ0n) is 20.3. The smallest absolute Gasteiger partial charge is 0.221 e. The summed E-state index contributed by atoms with van der Waals surface area (Å²) < 4.78 is 6.23. The second kappa shape index (κ2) is 10.7. The highest BCUT2D eigenvalue weighted by Gasteiger charge is 2.15. The SMILES string of the molecule is CCCCOc1nc2ccc(C)cc2cc1-c1cc(-c2ccc(Cl)cc2)nc(-c2ccc(Cl)cc2)c1. The molecule has 180 valence electrons. The molecule has 5 heteroatoms. The van der Waals surface area contributed by atoms with Crippen LogP contribution in [0.1, 0.15) is 25.3 Å². The molecule has 5 aromatic rings. The minimum atomic E-state index is 0.618. The van der Waals surface area contributed by atoms with Crippen molar-refractivity contribution in [1.29, 1.82) is 0 Å². The van der Waals surface area contributed by atoms with Crippen molar-refractivity contribution in [2.45, 2.75) is 26.7 Å². The van der Waals surface area contributed by atoms with Crippen molar-refractivity contribution in [3.05, 3.63) is 101 Å². The second-order valence-electron chi connectivity index (χ2n) is 8.88. The molecule has 0 amide bonds. The van der Waals surface area contributed by atoms with Crippen LogP contribution in [0, 0.1) is 6.92 Å². The monoisotopic (exact) mass is 512 g/mol. The Morgan fingerprint density at radius 3 is 1.89 bits per heavy atom. The lowest BCUT2D eigenvalue weighted by molar-refractivity contribution is 0.300. The fourth-order valence-electron chi connectivity index (χ4n) is 4.13. The standard InChI is InChI=1S/C31H26Cl2N2O/c1-3-4-15-36-31-27(17-24-16-20(2)5-14-28(24)35-31)23-18-29(21-6-10-25(32)11-7-21)34-30(19-23)22-8-12-26(33)13-9-22/h5-14,16-19H,3-4,15H2,1-2H3. The van der Waals surface area contributed by atoms with Gasteiger partial charge in [0, 0.05) is 32.1 Å². The van der Waals surface area contributed by atoms with Crippen LogP contribution < -0.4 is 4.74 Å². The van der Waals surface area contributed by atoms with Gasteiger partial charge < -0.3 is 4.74 Å². The summed E-state index contributed by atoms with van der Waals surface area (Å²) in [6.07, 6.45) is 2.02. The molecule has 3 nitrogen and oxygen atoms in total. The van der Waals surface area contributed by atoms with Crippen LogP contribution in [-0.2, 0) is 0 Å². The molecule has 0 fully saturated rings. The fraction of sp³-hybridized carbons (Fsp3) is 0.161. The first-order chi connectivity index (χ1) is 17.5. The minimum absolute atomic E-state index is 0.618. The Hall–Kier alpha value is -3.40. The molecule has 0 saturated heterocycles. The molecular formula is C31H26Cl2N2O. The lowest BCUT2D eigenvalue weighted by atomic mass is 9.99. The maximum Gasteiger partial charge on any atom is 0.221 e. The fourth-order valence-corrected chi connectivity index (χ4v) is 4.38. The number of nitrogens with zero attached hydrogens (tertiary/aromatic N) is 2. The summed E-state index contributed by atoms with van der Waals surface area (Å²) in [6.45, 7) is 4.86. The molecule has 5 rings (SSSR count). The van der Waals surface area contributed by atoms with E-state index in [0.717, 1.165) is 57.4 Å². The zero-order chi connectivity index (χ0) is 25.1. The maximum atomic E-state index is 6.23. The van der Waals surface area contributed by atoms with E-state index in [1.54, 1.807) is 0 Å². The summed E-state index contributed by atoms with van der Waals surface area (Å²) in [5, 5.41) is 2.45. The lowest BCUT2D eigenvalue weighted by Crippen LogP contribution is -2.01. The van der Waals surface area contributed by atoms with Crippen molar-refractivity contribution >= 4 is 34.1 Å². The van der Waals surface area contributed by atoms with E-state index in [-0.39, 0.29) is 0 Å². The van der Waals surface area contributed by atoms with E-state index in [1.807, 2.05) is 54.6 Å². The van der Waals surface area contributed by atoms with Crippen LogP contribution in [-0.4, -0.2) is 16.6 Å². The first-order valence-corrected chi connectivity index (χ1v) is 12.8. The summed E-state index contributed by atoms with van der Waals surface area (Å²) in [5.41, 5.74) is 7.69. The number of aryl methyl sites for hydroxylation is 1. The molecule has 0 aliphatic rings. The van der Waals surface area contributed by atoms with Gasteiger partial charge in [-0.3, -0.25) is 0 Å². The Balaban J connectivity index is 1.72. The molecule has 0 saturated carbocycles. The normalized spacial score (nSPS) is 11.1. The van der Waals surface area contributed by atoms with Crippen LogP contribution in [0.2, 0.25) is 10.0 Å². The molecule has 2 heterocycles. The quantitative estimate of drug-likeness (QED) is 0.203. The third-order valence-electron chi connectivity index (χ3n) is 6.09. The highest BCUT2D eigenvalue weighted by atomic mass is 35.5. The first-order valence-electron chi connectivity index (χ1n) is 12.1. The Labute approximate surface area is 221 Å². The van der Waals surface area contributed by atoms with Gasteiger partial charge in [-0.1, -0.05) is 72.4 Å². The number of aromatic nitrogens is 2. The molecule has 0 spiro atoms. The summed E-state index contributed by atoms with van der Waals surface area (Å²) in [7, 11) is 0. The third-order valence-corrected chi connectivity index (χ3v) is 6.59. The van der Waals surface area contributed by atoms with Gasteiger partial charge in [-0.15, -0.1) is 0 Å². The number of hydrogen-bond donors (Lipinski definition) is 0. The number of fused-ring (bicyclic) bond motifs is 1. The molecule has 36 heavy (non-hydrogen) atoms. The first kappa shape index (κ1) is 24.3. The van der Waals surface area contributed by atoms with E-state index < -0.39 is 0 Å². The Morgan fingerprint density at radius 1 is 0.694 bits per heavy atom. The average molecular weight is 513 g/mol.